The van der Waals surface area contributed by atoms with Gasteiger partial charge in [-0.2, -0.15) is 0 Å². The molecule has 0 aliphatic rings. The first-order chi connectivity index (χ1) is 11.2. The van der Waals surface area contributed by atoms with Crippen LogP contribution in [0.25, 0.3) is 6.08 Å². The zero-order valence-electron chi connectivity index (χ0n) is 13.4. The average molecular weight is 311 g/mol. The van der Waals surface area contributed by atoms with E-state index in [0.29, 0.717) is 6.61 Å². The van der Waals surface area contributed by atoms with Crippen LogP contribution in [0.15, 0.2) is 54.6 Å². The second kappa shape index (κ2) is 8.63. The lowest BCUT2D eigenvalue weighted by atomic mass is 10.1. The summed E-state index contributed by atoms with van der Waals surface area (Å²) < 4.78 is 10.3. The Morgan fingerprint density at radius 2 is 1.96 bits per heavy atom. The molecule has 0 aliphatic carbocycles. The van der Waals surface area contributed by atoms with Crippen molar-refractivity contribution >= 4 is 17.7 Å². The van der Waals surface area contributed by atoms with E-state index in [-0.39, 0.29) is 5.97 Å². The van der Waals surface area contributed by atoms with E-state index < -0.39 is 0 Å². The Hall–Kier alpha value is -2.75. The molecule has 0 bridgehead atoms. The van der Waals surface area contributed by atoms with Gasteiger partial charge in [0.2, 0.25) is 0 Å². The lowest BCUT2D eigenvalue weighted by Gasteiger charge is -2.12. The first kappa shape index (κ1) is 16.6. The molecule has 0 spiro atoms. The molecule has 0 amide bonds. The van der Waals surface area contributed by atoms with E-state index in [1.807, 2.05) is 36.4 Å². The number of esters is 1. The maximum Gasteiger partial charge on any atom is 0.330 e. The van der Waals surface area contributed by atoms with Crippen molar-refractivity contribution in [2.45, 2.75) is 13.5 Å². The van der Waals surface area contributed by atoms with Crippen LogP contribution in [0.5, 0.6) is 5.75 Å². The molecule has 2 rings (SSSR count). The molecule has 2 aromatic carbocycles. The minimum atomic E-state index is -0.349. The zero-order chi connectivity index (χ0) is 16.5. The van der Waals surface area contributed by atoms with Gasteiger partial charge < -0.3 is 14.8 Å². The Kier molecular flexibility index (Phi) is 6.24. The molecule has 0 saturated carbocycles. The van der Waals surface area contributed by atoms with Crippen LogP contribution in [-0.4, -0.2) is 19.7 Å². The van der Waals surface area contributed by atoms with Crippen LogP contribution in [0.3, 0.4) is 0 Å². The van der Waals surface area contributed by atoms with Crippen molar-refractivity contribution < 1.29 is 14.3 Å². The second-order valence-corrected chi connectivity index (χ2v) is 4.88. The van der Waals surface area contributed by atoms with E-state index in [2.05, 4.69) is 17.4 Å². The van der Waals surface area contributed by atoms with Crippen LogP contribution in [0, 0.1) is 0 Å². The molecular formula is C19H21NO3. The van der Waals surface area contributed by atoms with Crippen LogP contribution >= 0.6 is 0 Å². The first-order valence-electron chi connectivity index (χ1n) is 7.53. The van der Waals surface area contributed by atoms with E-state index in [1.54, 1.807) is 20.1 Å². The number of carbonyl (C=O) groups excluding carboxylic acids is 1. The summed E-state index contributed by atoms with van der Waals surface area (Å²) in [7, 11) is 1.63. The smallest absolute Gasteiger partial charge is 0.330 e. The van der Waals surface area contributed by atoms with Gasteiger partial charge in [-0.3, -0.25) is 0 Å². The minimum absolute atomic E-state index is 0.349. The van der Waals surface area contributed by atoms with Crippen LogP contribution in [0.2, 0.25) is 0 Å². The van der Waals surface area contributed by atoms with E-state index in [4.69, 9.17) is 9.47 Å². The quantitative estimate of drug-likeness (QED) is 0.622. The third kappa shape index (κ3) is 5.18. The molecule has 0 unspecified atom stereocenters. The van der Waals surface area contributed by atoms with Gasteiger partial charge in [-0.05, 0) is 36.3 Å². The molecule has 0 radical (unpaired) electrons. The van der Waals surface area contributed by atoms with Gasteiger partial charge >= 0.3 is 5.97 Å². The van der Waals surface area contributed by atoms with Crippen LogP contribution in [0.4, 0.5) is 5.69 Å². The molecule has 4 nitrogen and oxygen atoms in total. The maximum atomic E-state index is 11.3. The molecule has 1 N–H and O–H groups in total. The van der Waals surface area contributed by atoms with Gasteiger partial charge in [0.05, 0.1) is 19.4 Å². The summed E-state index contributed by atoms with van der Waals surface area (Å²) in [5.74, 6) is 0.379. The predicted octanol–water partition coefficient (Wildman–Crippen LogP) is 3.88. The Labute approximate surface area is 136 Å². The van der Waals surface area contributed by atoms with Crippen LogP contribution in [0.1, 0.15) is 18.1 Å². The van der Waals surface area contributed by atoms with Gasteiger partial charge in [0.15, 0.2) is 0 Å². The summed E-state index contributed by atoms with van der Waals surface area (Å²) in [5, 5.41) is 3.35. The molecule has 0 atom stereocenters. The van der Waals surface area contributed by atoms with Gasteiger partial charge in [-0.15, -0.1) is 0 Å². The highest BCUT2D eigenvalue weighted by atomic mass is 16.5. The van der Waals surface area contributed by atoms with E-state index in [0.717, 1.165) is 23.5 Å². The molecule has 23 heavy (non-hydrogen) atoms. The highest BCUT2D eigenvalue weighted by Gasteiger charge is 2.04. The van der Waals surface area contributed by atoms with Crippen molar-refractivity contribution in [2.75, 3.05) is 19.0 Å². The number of anilines is 1. The summed E-state index contributed by atoms with van der Waals surface area (Å²) in [6, 6.07) is 15.9. The number of hydrogen-bond donors (Lipinski definition) is 1. The van der Waals surface area contributed by atoms with Crippen molar-refractivity contribution in [2.24, 2.45) is 0 Å². The zero-order valence-corrected chi connectivity index (χ0v) is 13.4. The Bertz CT molecular complexity index is 666. The Balaban J connectivity index is 2.05. The van der Waals surface area contributed by atoms with Crippen molar-refractivity contribution in [3.63, 3.8) is 0 Å². The number of carbonyl (C=O) groups is 1. The fourth-order valence-corrected chi connectivity index (χ4v) is 2.11. The third-order valence-corrected chi connectivity index (χ3v) is 3.25. The molecule has 4 heteroatoms. The predicted molar refractivity (Wildman–Crippen MR) is 92.4 cm³/mol. The molecule has 0 saturated heterocycles. The third-order valence-electron chi connectivity index (χ3n) is 3.25. The van der Waals surface area contributed by atoms with Gasteiger partial charge in [0, 0.05) is 12.6 Å². The number of rotatable bonds is 7. The summed E-state index contributed by atoms with van der Waals surface area (Å²) in [6.45, 7) is 2.87. The van der Waals surface area contributed by atoms with Crippen molar-refractivity contribution in [1.29, 1.82) is 0 Å². The number of nitrogens with one attached hydrogen (secondary N) is 1. The van der Waals surface area contributed by atoms with E-state index in [9.17, 15) is 4.79 Å². The topological polar surface area (TPSA) is 47.6 Å². The van der Waals surface area contributed by atoms with E-state index in [1.165, 1.54) is 11.6 Å². The molecule has 2 aromatic rings. The lowest BCUT2D eigenvalue weighted by Crippen LogP contribution is -2.01. The number of ether oxygens (including phenoxy) is 2. The first-order valence-corrected chi connectivity index (χ1v) is 7.53. The molecule has 0 aromatic heterocycles. The Morgan fingerprint density at radius 1 is 1.17 bits per heavy atom. The minimum Gasteiger partial charge on any atom is -0.495 e. The van der Waals surface area contributed by atoms with Crippen LogP contribution in [-0.2, 0) is 16.1 Å². The molecule has 120 valence electrons. The van der Waals surface area contributed by atoms with Crippen LogP contribution < -0.4 is 10.1 Å². The fourth-order valence-electron chi connectivity index (χ4n) is 2.11. The molecule has 0 fully saturated rings. The highest BCUT2D eigenvalue weighted by Crippen LogP contribution is 2.26. The maximum absolute atomic E-state index is 11.3. The van der Waals surface area contributed by atoms with Gasteiger partial charge in [-0.1, -0.05) is 36.4 Å². The lowest BCUT2D eigenvalue weighted by molar-refractivity contribution is -0.137. The van der Waals surface area contributed by atoms with Gasteiger partial charge in [0.25, 0.3) is 0 Å². The number of methoxy groups -OCH3 is 1. The largest absolute Gasteiger partial charge is 0.495 e. The van der Waals surface area contributed by atoms with Crippen molar-refractivity contribution in [3.05, 3.63) is 65.7 Å². The number of hydrogen-bond acceptors (Lipinski definition) is 4. The summed E-state index contributed by atoms with van der Waals surface area (Å²) >= 11 is 0. The summed E-state index contributed by atoms with van der Waals surface area (Å²) in [6.07, 6.45) is 3.12. The van der Waals surface area contributed by atoms with E-state index >= 15 is 0 Å². The van der Waals surface area contributed by atoms with Gasteiger partial charge in [0.1, 0.15) is 5.75 Å². The number of benzene rings is 2. The SMILES string of the molecule is CCOC(=O)/C=C/c1ccc(NCc2ccccc2)c(OC)c1. The molecule has 0 heterocycles. The van der Waals surface area contributed by atoms with Crippen molar-refractivity contribution in [1.82, 2.24) is 0 Å². The Morgan fingerprint density at radius 3 is 2.65 bits per heavy atom. The fraction of sp³-hybridized carbons (Fsp3) is 0.211. The second-order valence-electron chi connectivity index (χ2n) is 4.88. The highest BCUT2D eigenvalue weighted by molar-refractivity contribution is 5.87. The standard InChI is InChI=1S/C19H21NO3/c1-3-23-19(21)12-10-15-9-11-17(18(13-15)22-2)20-14-16-7-5-4-6-8-16/h4-13,20H,3,14H2,1-2H3/b12-10+. The summed E-state index contributed by atoms with van der Waals surface area (Å²) in [5.41, 5.74) is 2.98. The molecular weight excluding hydrogens is 290 g/mol. The van der Waals surface area contributed by atoms with Gasteiger partial charge in [-0.25, -0.2) is 4.79 Å². The van der Waals surface area contributed by atoms with Crippen molar-refractivity contribution in [3.8, 4) is 5.75 Å². The average Bonchev–Trinajstić information content (AvgIpc) is 2.59. The monoisotopic (exact) mass is 311 g/mol. The molecule has 0 aliphatic heterocycles. The summed E-state index contributed by atoms with van der Waals surface area (Å²) in [4.78, 5) is 11.3. The normalized spacial score (nSPS) is 10.5.